The second kappa shape index (κ2) is 9.39. The van der Waals surface area contributed by atoms with Gasteiger partial charge in [-0.05, 0) is 66.6 Å². The molecule has 3 rings (SSSR count). The number of methoxy groups -OCH3 is 2. The minimum Gasteiger partial charge on any atom is -0.496 e. The summed E-state index contributed by atoms with van der Waals surface area (Å²) in [5.74, 6) is 1.08. The van der Waals surface area contributed by atoms with Gasteiger partial charge in [-0.15, -0.1) is 0 Å². The van der Waals surface area contributed by atoms with E-state index >= 15 is 0 Å². The maximum absolute atomic E-state index is 12.5. The summed E-state index contributed by atoms with van der Waals surface area (Å²) < 4.78 is 10.5. The number of aryl methyl sites for hydroxylation is 1. The van der Waals surface area contributed by atoms with Crippen molar-refractivity contribution in [2.45, 2.75) is 20.1 Å². The summed E-state index contributed by atoms with van der Waals surface area (Å²) in [6, 6.07) is 10.6. The Morgan fingerprint density at radius 1 is 1.07 bits per heavy atom. The van der Waals surface area contributed by atoms with Gasteiger partial charge >= 0.3 is 0 Å². The Kier molecular flexibility index (Phi) is 6.66. The number of nitrogens with zero attached hydrogens (tertiary/aromatic N) is 1. The first-order valence-electron chi connectivity index (χ1n) is 9.35. The summed E-state index contributed by atoms with van der Waals surface area (Å²) >= 11 is 0. The molecule has 7 nitrogen and oxygen atoms in total. The summed E-state index contributed by atoms with van der Waals surface area (Å²) in [5.41, 5.74) is 4.57. The van der Waals surface area contributed by atoms with Crippen molar-refractivity contribution < 1.29 is 24.5 Å². The molecule has 0 bridgehead atoms. The zero-order valence-electron chi connectivity index (χ0n) is 17.1. The third-order valence-corrected chi connectivity index (χ3v) is 4.84. The van der Waals surface area contributed by atoms with Gasteiger partial charge in [0, 0.05) is 16.7 Å². The predicted octanol–water partition coefficient (Wildman–Crippen LogP) is 3.28. The molecule has 156 valence electrons. The fourth-order valence-corrected chi connectivity index (χ4v) is 3.22. The van der Waals surface area contributed by atoms with Crippen LogP contribution in [0.15, 0.2) is 42.5 Å². The summed E-state index contributed by atoms with van der Waals surface area (Å²) in [7, 11) is 3.10. The predicted molar refractivity (Wildman–Crippen MR) is 114 cm³/mol. The van der Waals surface area contributed by atoms with Crippen molar-refractivity contribution in [1.82, 2.24) is 10.2 Å². The fraction of sp³-hybridized carbons (Fsp3) is 0.217. The number of aromatic nitrogens is 2. The number of benzene rings is 2. The van der Waals surface area contributed by atoms with E-state index in [-0.39, 0.29) is 19.0 Å². The molecule has 1 aromatic heterocycles. The molecule has 0 unspecified atom stereocenters. The number of rotatable bonds is 8. The lowest BCUT2D eigenvalue weighted by molar-refractivity contribution is 0.104. The van der Waals surface area contributed by atoms with E-state index in [1.165, 1.54) is 13.2 Å². The molecule has 2 aromatic carbocycles. The smallest absolute Gasteiger partial charge is 0.185 e. The van der Waals surface area contributed by atoms with Crippen LogP contribution < -0.4 is 9.47 Å². The molecule has 1 heterocycles. The van der Waals surface area contributed by atoms with Crippen LogP contribution in [-0.4, -0.2) is 40.4 Å². The van der Waals surface area contributed by atoms with Crippen LogP contribution in [-0.2, 0) is 13.2 Å². The highest BCUT2D eigenvalue weighted by molar-refractivity contribution is 6.07. The van der Waals surface area contributed by atoms with Crippen LogP contribution in [0.4, 0.5) is 0 Å². The molecule has 3 aromatic rings. The van der Waals surface area contributed by atoms with Crippen LogP contribution in [0, 0.1) is 6.92 Å². The molecule has 0 saturated heterocycles. The maximum atomic E-state index is 12.5. The van der Waals surface area contributed by atoms with Crippen LogP contribution in [0.25, 0.3) is 17.3 Å². The lowest BCUT2D eigenvalue weighted by atomic mass is 10.0. The van der Waals surface area contributed by atoms with Crippen molar-refractivity contribution in [3.63, 3.8) is 0 Å². The summed E-state index contributed by atoms with van der Waals surface area (Å²) in [5, 5.41) is 26.3. The van der Waals surface area contributed by atoms with Gasteiger partial charge in [0.25, 0.3) is 0 Å². The molecule has 0 atom stereocenters. The van der Waals surface area contributed by atoms with Crippen LogP contribution >= 0.6 is 0 Å². The van der Waals surface area contributed by atoms with E-state index in [4.69, 9.17) is 9.47 Å². The van der Waals surface area contributed by atoms with Crippen LogP contribution in [0.3, 0.4) is 0 Å². The van der Waals surface area contributed by atoms with Gasteiger partial charge in [0.2, 0.25) is 0 Å². The lowest BCUT2D eigenvalue weighted by Crippen LogP contribution is -1.99. The monoisotopic (exact) mass is 408 g/mol. The number of aliphatic hydroxyl groups excluding tert-OH is 2. The number of hydrogen-bond acceptors (Lipinski definition) is 6. The van der Waals surface area contributed by atoms with E-state index in [1.54, 1.807) is 49.6 Å². The van der Waals surface area contributed by atoms with Gasteiger partial charge in [-0.25, -0.2) is 0 Å². The topological polar surface area (TPSA) is 105 Å². The first-order valence-corrected chi connectivity index (χ1v) is 9.35. The largest absolute Gasteiger partial charge is 0.496 e. The molecule has 7 heteroatoms. The summed E-state index contributed by atoms with van der Waals surface area (Å²) in [6.45, 7) is 1.42. The van der Waals surface area contributed by atoms with Gasteiger partial charge in [0.05, 0.1) is 38.8 Å². The average Bonchev–Trinajstić information content (AvgIpc) is 3.25. The van der Waals surface area contributed by atoms with Crippen LogP contribution in [0.5, 0.6) is 11.5 Å². The first-order chi connectivity index (χ1) is 14.5. The molecule has 0 aliphatic heterocycles. The zero-order chi connectivity index (χ0) is 21.7. The Morgan fingerprint density at radius 2 is 1.83 bits per heavy atom. The number of carbonyl (C=O) groups is 1. The third-order valence-electron chi connectivity index (χ3n) is 4.84. The zero-order valence-corrected chi connectivity index (χ0v) is 17.1. The highest BCUT2D eigenvalue weighted by Gasteiger charge is 2.13. The van der Waals surface area contributed by atoms with E-state index in [2.05, 4.69) is 10.2 Å². The van der Waals surface area contributed by atoms with Gasteiger partial charge in [-0.2, -0.15) is 5.10 Å². The summed E-state index contributed by atoms with van der Waals surface area (Å²) in [4.78, 5) is 12.5. The Morgan fingerprint density at radius 3 is 2.47 bits per heavy atom. The highest BCUT2D eigenvalue weighted by Crippen LogP contribution is 2.30. The van der Waals surface area contributed by atoms with Gasteiger partial charge in [0.15, 0.2) is 5.78 Å². The van der Waals surface area contributed by atoms with Crippen molar-refractivity contribution in [2.24, 2.45) is 0 Å². The van der Waals surface area contributed by atoms with Gasteiger partial charge in [-0.3, -0.25) is 9.89 Å². The number of ether oxygens (including phenoxy) is 2. The molecule has 0 aliphatic rings. The normalized spacial score (nSPS) is 11.1. The van der Waals surface area contributed by atoms with Crippen LogP contribution in [0.1, 0.15) is 32.7 Å². The van der Waals surface area contributed by atoms with Gasteiger partial charge in [0.1, 0.15) is 11.5 Å². The standard InChI is InChI=1S/C23H24N2O5/c1-14-8-15(4-7-22(14)29-2)21(28)6-5-18-11-20(25-24-18)16-9-17(12-26)19(13-27)23(10-16)30-3/h4-11,26-27H,12-13H2,1-3H3,(H,24,25)/b6-5+. The molecule has 0 saturated carbocycles. The number of ketones is 1. The van der Waals surface area contributed by atoms with Crippen molar-refractivity contribution in [3.05, 3.63) is 70.4 Å². The van der Waals surface area contributed by atoms with Crippen molar-refractivity contribution in [1.29, 1.82) is 0 Å². The van der Waals surface area contributed by atoms with E-state index in [0.29, 0.717) is 33.8 Å². The van der Waals surface area contributed by atoms with E-state index in [9.17, 15) is 15.0 Å². The first kappa shape index (κ1) is 21.3. The Balaban J connectivity index is 1.83. The van der Waals surface area contributed by atoms with Crippen molar-refractivity contribution in [3.8, 4) is 22.8 Å². The molecular formula is C23H24N2O5. The lowest BCUT2D eigenvalue weighted by Gasteiger charge is -2.12. The van der Waals surface area contributed by atoms with E-state index in [1.807, 2.05) is 6.92 Å². The van der Waals surface area contributed by atoms with Crippen molar-refractivity contribution in [2.75, 3.05) is 14.2 Å². The SMILES string of the molecule is COc1ccc(C(=O)/C=C/c2cc(-c3cc(CO)c(CO)c(OC)c3)n[nH]2)cc1C. The molecule has 0 amide bonds. The molecule has 0 aliphatic carbocycles. The minimum atomic E-state index is -0.235. The third kappa shape index (κ3) is 4.42. The second-order valence-corrected chi connectivity index (χ2v) is 6.72. The number of hydrogen-bond donors (Lipinski definition) is 3. The minimum absolute atomic E-state index is 0.131. The number of H-pyrrole nitrogens is 1. The number of allylic oxidation sites excluding steroid dienone is 1. The maximum Gasteiger partial charge on any atom is 0.185 e. The average molecular weight is 408 g/mol. The Hall–Kier alpha value is -3.42. The number of nitrogens with one attached hydrogen (secondary N) is 1. The fourth-order valence-electron chi connectivity index (χ4n) is 3.22. The molecule has 30 heavy (non-hydrogen) atoms. The van der Waals surface area contributed by atoms with Crippen molar-refractivity contribution >= 4 is 11.9 Å². The highest BCUT2D eigenvalue weighted by atomic mass is 16.5. The van der Waals surface area contributed by atoms with Gasteiger partial charge in [-0.1, -0.05) is 0 Å². The number of aromatic amines is 1. The number of aliphatic hydroxyl groups is 2. The second-order valence-electron chi connectivity index (χ2n) is 6.72. The molecule has 3 N–H and O–H groups in total. The summed E-state index contributed by atoms with van der Waals surface area (Å²) in [6.07, 6.45) is 3.14. The Bertz CT molecular complexity index is 1060. The molecular weight excluding hydrogens is 384 g/mol. The molecule has 0 fully saturated rings. The van der Waals surface area contributed by atoms with Crippen LogP contribution in [0.2, 0.25) is 0 Å². The van der Waals surface area contributed by atoms with E-state index < -0.39 is 0 Å². The quantitative estimate of drug-likeness (QED) is 0.390. The molecule has 0 spiro atoms. The van der Waals surface area contributed by atoms with E-state index in [0.717, 1.165) is 16.9 Å². The van der Waals surface area contributed by atoms with Gasteiger partial charge < -0.3 is 19.7 Å². The Labute approximate surface area is 174 Å². The number of carbonyl (C=O) groups excluding carboxylic acids is 1. The molecule has 0 radical (unpaired) electrons.